The van der Waals surface area contributed by atoms with Crippen molar-refractivity contribution in [2.75, 3.05) is 22.9 Å². The Balaban J connectivity index is 1.83. The predicted molar refractivity (Wildman–Crippen MR) is 90.9 cm³/mol. The summed E-state index contributed by atoms with van der Waals surface area (Å²) in [4.78, 5) is 26.2. The van der Waals surface area contributed by atoms with Gasteiger partial charge in [0.15, 0.2) is 5.82 Å². The summed E-state index contributed by atoms with van der Waals surface area (Å²) in [6, 6.07) is 2.35. The Morgan fingerprint density at radius 2 is 1.67 bits per heavy atom. The normalized spacial score (nSPS) is 21.2. The number of anilines is 2. The Labute approximate surface area is 141 Å². The van der Waals surface area contributed by atoms with Gasteiger partial charge in [-0.2, -0.15) is 9.97 Å². The first kappa shape index (κ1) is 16.5. The molecule has 1 aliphatic heterocycles. The highest BCUT2D eigenvalue weighted by atomic mass is 16.3. The van der Waals surface area contributed by atoms with Gasteiger partial charge >= 0.3 is 0 Å². The van der Waals surface area contributed by atoms with Gasteiger partial charge in [0.1, 0.15) is 24.1 Å². The zero-order valence-corrected chi connectivity index (χ0v) is 14.5. The smallest absolute Gasteiger partial charge is 0.228 e. The number of hydrogen-bond donors (Lipinski definition) is 1. The molecule has 8 heteroatoms. The molecule has 0 saturated carbocycles. The van der Waals surface area contributed by atoms with E-state index in [1.165, 1.54) is 0 Å². The topological polar surface area (TPSA) is 91.2 Å². The lowest BCUT2D eigenvalue weighted by Gasteiger charge is -2.45. The fraction of sp³-hybridized carbons (Fsp3) is 0.562. The van der Waals surface area contributed by atoms with Crippen LogP contribution in [0.2, 0.25) is 0 Å². The summed E-state index contributed by atoms with van der Waals surface area (Å²) in [6.07, 6.45) is 1.69. The number of aromatic nitrogens is 5. The van der Waals surface area contributed by atoms with Gasteiger partial charge < -0.3 is 14.9 Å². The van der Waals surface area contributed by atoms with Crippen LogP contribution in [0.5, 0.6) is 0 Å². The minimum Gasteiger partial charge on any atom is -0.388 e. The minimum atomic E-state index is -0.153. The van der Waals surface area contributed by atoms with Gasteiger partial charge in [0.25, 0.3) is 0 Å². The molecule has 128 valence electrons. The molecule has 3 heterocycles. The third-order valence-electron chi connectivity index (χ3n) is 4.15. The zero-order chi connectivity index (χ0) is 17.3. The average molecular weight is 329 g/mol. The molecule has 2 aromatic rings. The summed E-state index contributed by atoms with van der Waals surface area (Å²) in [7, 11) is 0. The van der Waals surface area contributed by atoms with E-state index in [1.807, 2.05) is 19.9 Å². The van der Waals surface area contributed by atoms with Crippen LogP contribution in [-0.4, -0.2) is 55.2 Å². The lowest BCUT2D eigenvalue weighted by atomic mass is 10.1. The number of aliphatic hydroxyl groups is 1. The Morgan fingerprint density at radius 1 is 1.04 bits per heavy atom. The number of aliphatic hydroxyl groups excluding tert-OH is 1. The highest BCUT2D eigenvalue weighted by Crippen LogP contribution is 2.24. The lowest BCUT2D eigenvalue weighted by molar-refractivity contribution is 0.271. The molecule has 3 rings (SSSR count). The fourth-order valence-corrected chi connectivity index (χ4v) is 3.29. The largest absolute Gasteiger partial charge is 0.388 e. The van der Waals surface area contributed by atoms with Crippen molar-refractivity contribution >= 4 is 11.8 Å². The highest BCUT2D eigenvalue weighted by Gasteiger charge is 2.32. The van der Waals surface area contributed by atoms with E-state index in [-0.39, 0.29) is 18.7 Å². The van der Waals surface area contributed by atoms with E-state index in [0.717, 1.165) is 36.5 Å². The van der Waals surface area contributed by atoms with Crippen molar-refractivity contribution in [2.24, 2.45) is 0 Å². The molecular weight excluding hydrogens is 306 g/mol. The van der Waals surface area contributed by atoms with Crippen molar-refractivity contribution in [1.82, 2.24) is 24.9 Å². The molecule has 1 aliphatic rings. The summed E-state index contributed by atoms with van der Waals surface area (Å²) in [5, 5.41) is 9.26. The maximum absolute atomic E-state index is 9.26. The highest BCUT2D eigenvalue weighted by molar-refractivity contribution is 5.45. The van der Waals surface area contributed by atoms with Crippen molar-refractivity contribution in [1.29, 1.82) is 0 Å². The third-order valence-corrected chi connectivity index (χ3v) is 4.15. The van der Waals surface area contributed by atoms with Crippen molar-refractivity contribution < 1.29 is 5.11 Å². The molecular formula is C16H23N7O. The molecule has 0 bridgehead atoms. The number of rotatable bonds is 3. The molecule has 2 atom stereocenters. The molecule has 1 saturated heterocycles. The number of aryl methyl sites for hydroxylation is 2. The summed E-state index contributed by atoms with van der Waals surface area (Å²) >= 11 is 0. The first-order valence-electron chi connectivity index (χ1n) is 8.13. The van der Waals surface area contributed by atoms with E-state index in [0.29, 0.717) is 5.82 Å². The minimum absolute atomic E-state index is 0.153. The Bertz CT molecular complexity index is 691. The van der Waals surface area contributed by atoms with Gasteiger partial charge in [-0.05, 0) is 33.8 Å². The molecule has 24 heavy (non-hydrogen) atoms. The quantitative estimate of drug-likeness (QED) is 0.887. The van der Waals surface area contributed by atoms with Crippen LogP contribution in [0.1, 0.15) is 31.3 Å². The first-order chi connectivity index (χ1) is 11.5. The van der Waals surface area contributed by atoms with Gasteiger partial charge in [-0.15, -0.1) is 0 Å². The second-order valence-electron chi connectivity index (χ2n) is 6.23. The predicted octanol–water partition coefficient (Wildman–Crippen LogP) is 0.874. The van der Waals surface area contributed by atoms with E-state index in [1.54, 1.807) is 6.20 Å². The van der Waals surface area contributed by atoms with Crippen LogP contribution in [0.4, 0.5) is 11.8 Å². The Kier molecular flexibility index (Phi) is 4.57. The molecule has 0 aliphatic carbocycles. The first-order valence-corrected chi connectivity index (χ1v) is 8.13. The van der Waals surface area contributed by atoms with Crippen LogP contribution in [0, 0.1) is 13.8 Å². The second-order valence-corrected chi connectivity index (χ2v) is 6.23. The average Bonchev–Trinajstić information content (AvgIpc) is 2.53. The van der Waals surface area contributed by atoms with Crippen LogP contribution in [-0.2, 0) is 6.61 Å². The molecule has 2 aromatic heterocycles. The molecule has 1 N–H and O–H groups in total. The van der Waals surface area contributed by atoms with E-state index in [4.69, 9.17) is 0 Å². The monoisotopic (exact) mass is 329 g/mol. The molecule has 8 nitrogen and oxygen atoms in total. The van der Waals surface area contributed by atoms with Crippen LogP contribution in [0.25, 0.3) is 0 Å². The Hall–Kier alpha value is -2.35. The molecule has 2 unspecified atom stereocenters. The summed E-state index contributed by atoms with van der Waals surface area (Å²) in [6.45, 7) is 9.53. The van der Waals surface area contributed by atoms with Gasteiger partial charge in [-0.3, -0.25) is 0 Å². The molecule has 0 spiro atoms. The summed E-state index contributed by atoms with van der Waals surface area (Å²) in [5.41, 5.74) is 0. The van der Waals surface area contributed by atoms with Gasteiger partial charge in [0.2, 0.25) is 5.95 Å². The van der Waals surface area contributed by atoms with Gasteiger partial charge in [0.05, 0.1) is 0 Å². The van der Waals surface area contributed by atoms with E-state index >= 15 is 0 Å². The van der Waals surface area contributed by atoms with E-state index < -0.39 is 0 Å². The van der Waals surface area contributed by atoms with Crippen LogP contribution >= 0.6 is 0 Å². The summed E-state index contributed by atoms with van der Waals surface area (Å²) in [5.74, 6) is 3.50. The molecule has 0 radical (unpaired) electrons. The van der Waals surface area contributed by atoms with Crippen LogP contribution < -0.4 is 9.80 Å². The standard InChI is InChI=1S/C16H23N7O/c1-10-7-22(16-19-12(3)18-13(4)20-16)8-11(2)23(10)15-5-6-17-14(9-24)21-15/h5-6,10-11,24H,7-9H2,1-4H3. The Morgan fingerprint density at radius 3 is 2.25 bits per heavy atom. The molecule has 0 amide bonds. The third kappa shape index (κ3) is 3.28. The number of nitrogens with zero attached hydrogens (tertiary/aromatic N) is 7. The van der Waals surface area contributed by atoms with Crippen LogP contribution in [0.15, 0.2) is 12.3 Å². The fourth-order valence-electron chi connectivity index (χ4n) is 3.29. The van der Waals surface area contributed by atoms with Crippen molar-refractivity contribution in [3.05, 3.63) is 29.7 Å². The molecule has 1 fully saturated rings. The van der Waals surface area contributed by atoms with Crippen molar-refractivity contribution in [2.45, 2.75) is 46.4 Å². The van der Waals surface area contributed by atoms with E-state index in [9.17, 15) is 5.11 Å². The van der Waals surface area contributed by atoms with Gasteiger partial charge in [-0.1, -0.05) is 0 Å². The zero-order valence-electron chi connectivity index (χ0n) is 14.5. The number of hydrogen-bond acceptors (Lipinski definition) is 8. The van der Waals surface area contributed by atoms with Gasteiger partial charge in [0, 0.05) is 31.4 Å². The second kappa shape index (κ2) is 6.64. The maximum atomic E-state index is 9.26. The summed E-state index contributed by atoms with van der Waals surface area (Å²) < 4.78 is 0. The molecule has 0 aromatic carbocycles. The lowest BCUT2D eigenvalue weighted by Crippen LogP contribution is -2.57. The van der Waals surface area contributed by atoms with E-state index in [2.05, 4.69) is 48.6 Å². The SMILES string of the molecule is Cc1nc(C)nc(N2CC(C)N(c3ccnc(CO)n3)C(C)C2)n1. The van der Waals surface area contributed by atoms with Crippen molar-refractivity contribution in [3.63, 3.8) is 0 Å². The number of piperazine rings is 1. The van der Waals surface area contributed by atoms with Gasteiger partial charge in [-0.25, -0.2) is 15.0 Å². The van der Waals surface area contributed by atoms with Crippen LogP contribution in [0.3, 0.4) is 0 Å². The maximum Gasteiger partial charge on any atom is 0.228 e. The van der Waals surface area contributed by atoms with Crippen molar-refractivity contribution in [3.8, 4) is 0 Å².